The Morgan fingerprint density at radius 3 is 2.22 bits per heavy atom. The van der Waals surface area contributed by atoms with E-state index < -0.39 is 0 Å². The van der Waals surface area contributed by atoms with Gasteiger partial charge in [0.25, 0.3) is 0 Å². The lowest BCUT2D eigenvalue weighted by atomic mass is 9.88. The van der Waals surface area contributed by atoms with Crippen molar-refractivity contribution in [2.45, 2.75) is 65.3 Å². The van der Waals surface area contributed by atoms with Gasteiger partial charge in [0.2, 0.25) is 0 Å². The Kier molecular flexibility index (Phi) is 6.96. The summed E-state index contributed by atoms with van der Waals surface area (Å²) in [6, 6.07) is 4.56. The molecule has 0 spiro atoms. The van der Waals surface area contributed by atoms with E-state index in [4.69, 9.17) is 5.73 Å². The van der Waals surface area contributed by atoms with Crippen molar-refractivity contribution in [2.75, 3.05) is 0 Å². The van der Waals surface area contributed by atoms with Gasteiger partial charge in [0.1, 0.15) is 0 Å². The monoisotopic (exact) mass is 248 g/mol. The first-order valence-electron chi connectivity index (χ1n) is 7.40. The molecule has 2 heteroatoms. The van der Waals surface area contributed by atoms with Crippen LogP contribution < -0.4 is 5.73 Å². The predicted octanol–water partition coefficient (Wildman–Crippen LogP) is 3.73. The van der Waals surface area contributed by atoms with Gasteiger partial charge in [-0.1, -0.05) is 39.7 Å². The number of nitrogens with zero attached hydrogens (tertiary/aromatic N) is 1. The third-order valence-corrected chi connectivity index (χ3v) is 3.66. The molecule has 0 aliphatic rings. The first-order chi connectivity index (χ1) is 8.71. The minimum atomic E-state index is 0.255. The van der Waals surface area contributed by atoms with E-state index in [1.807, 2.05) is 6.20 Å². The van der Waals surface area contributed by atoms with Crippen LogP contribution >= 0.6 is 0 Å². The highest BCUT2D eigenvalue weighted by molar-refractivity contribution is 5.14. The van der Waals surface area contributed by atoms with Crippen LogP contribution in [0.3, 0.4) is 0 Å². The van der Waals surface area contributed by atoms with Gasteiger partial charge < -0.3 is 5.73 Å². The fourth-order valence-electron chi connectivity index (χ4n) is 2.51. The second-order valence-corrected chi connectivity index (χ2v) is 5.22. The normalized spacial score (nSPS) is 12.9. The molecule has 1 rings (SSSR count). The van der Waals surface area contributed by atoms with E-state index in [2.05, 4.69) is 37.9 Å². The van der Waals surface area contributed by atoms with Crippen LogP contribution in [0.2, 0.25) is 0 Å². The molecule has 0 aliphatic heterocycles. The van der Waals surface area contributed by atoms with E-state index in [-0.39, 0.29) is 6.04 Å². The maximum atomic E-state index is 6.35. The summed E-state index contributed by atoms with van der Waals surface area (Å²) in [5.74, 6) is 0.646. The van der Waals surface area contributed by atoms with Crippen molar-refractivity contribution in [3.8, 4) is 0 Å². The highest BCUT2D eigenvalue weighted by Gasteiger charge is 2.16. The summed E-state index contributed by atoms with van der Waals surface area (Å²) >= 11 is 0. The molecule has 0 saturated carbocycles. The van der Waals surface area contributed by atoms with Crippen LogP contribution in [0.1, 0.15) is 57.7 Å². The fraction of sp³-hybridized carbons (Fsp3) is 0.688. The van der Waals surface area contributed by atoms with Gasteiger partial charge in [-0.3, -0.25) is 4.98 Å². The summed E-state index contributed by atoms with van der Waals surface area (Å²) in [4.78, 5) is 4.51. The molecule has 102 valence electrons. The highest BCUT2D eigenvalue weighted by atomic mass is 14.7. The molecule has 1 aromatic heterocycles. The van der Waals surface area contributed by atoms with Crippen LogP contribution in [-0.2, 0) is 12.8 Å². The smallest absolute Gasteiger partial charge is 0.0419 e. The summed E-state index contributed by atoms with van der Waals surface area (Å²) in [6.45, 7) is 6.63. The molecule has 0 fully saturated rings. The largest absolute Gasteiger partial charge is 0.327 e. The molecule has 1 atom stereocenters. The zero-order valence-corrected chi connectivity index (χ0v) is 12.2. The minimum Gasteiger partial charge on any atom is -0.327 e. The highest BCUT2D eigenvalue weighted by Crippen LogP contribution is 2.19. The molecular weight excluding hydrogens is 220 g/mol. The minimum absolute atomic E-state index is 0.255. The average Bonchev–Trinajstić information content (AvgIpc) is 2.39. The van der Waals surface area contributed by atoms with Crippen LogP contribution in [0.5, 0.6) is 0 Å². The van der Waals surface area contributed by atoms with E-state index in [1.54, 1.807) is 0 Å². The zero-order chi connectivity index (χ0) is 13.4. The van der Waals surface area contributed by atoms with Crippen LogP contribution in [-0.4, -0.2) is 11.0 Å². The van der Waals surface area contributed by atoms with Gasteiger partial charge in [0.05, 0.1) is 0 Å². The Morgan fingerprint density at radius 1 is 1.11 bits per heavy atom. The van der Waals surface area contributed by atoms with Crippen molar-refractivity contribution in [1.29, 1.82) is 0 Å². The van der Waals surface area contributed by atoms with Crippen molar-refractivity contribution in [1.82, 2.24) is 4.98 Å². The Balaban J connectivity index is 2.57. The average molecular weight is 248 g/mol. The Bertz CT molecular complexity index is 312. The third kappa shape index (κ3) is 4.77. The topological polar surface area (TPSA) is 38.9 Å². The van der Waals surface area contributed by atoms with Crippen molar-refractivity contribution in [2.24, 2.45) is 11.7 Å². The summed E-state index contributed by atoms with van der Waals surface area (Å²) in [5, 5.41) is 0. The Morgan fingerprint density at radius 2 is 1.78 bits per heavy atom. The molecule has 0 saturated heterocycles. The van der Waals surface area contributed by atoms with Crippen molar-refractivity contribution >= 4 is 0 Å². The Labute approximate surface area is 112 Å². The Hall–Kier alpha value is -0.890. The van der Waals surface area contributed by atoms with Gasteiger partial charge in [-0.05, 0) is 36.8 Å². The van der Waals surface area contributed by atoms with Gasteiger partial charge in [0, 0.05) is 24.4 Å². The number of aryl methyl sites for hydroxylation is 1. The second-order valence-electron chi connectivity index (χ2n) is 5.22. The second kappa shape index (κ2) is 8.25. The van der Waals surface area contributed by atoms with Gasteiger partial charge in [-0.25, -0.2) is 0 Å². The molecule has 2 N–H and O–H groups in total. The zero-order valence-electron chi connectivity index (χ0n) is 12.2. The quantitative estimate of drug-likeness (QED) is 0.761. The molecular formula is C16H28N2. The molecule has 2 nitrogen and oxygen atoms in total. The van der Waals surface area contributed by atoms with Crippen LogP contribution in [0.15, 0.2) is 18.3 Å². The molecule has 18 heavy (non-hydrogen) atoms. The molecule has 0 aromatic carbocycles. The van der Waals surface area contributed by atoms with Gasteiger partial charge in [-0.15, -0.1) is 0 Å². The molecule has 1 heterocycles. The van der Waals surface area contributed by atoms with Crippen LogP contribution in [0, 0.1) is 5.92 Å². The van der Waals surface area contributed by atoms with Gasteiger partial charge in [0.15, 0.2) is 0 Å². The number of hydrogen-bond donors (Lipinski definition) is 1. The summed E-state index contributed by atoms with van der Waals surface area (Å²) < 4.78 is 0. The van der Waals surface area contributed by atoms with E-state index in [1.165, 1.54) is 31.2 Å². The first-order valence-corrected chi connectivity index (χ1v) is 7.40. The summed E-state index contributed by atoms with van der Waals surface area (Å²) in [7, 11) is 0. The van der Waals surface area contributed by atoms with E-state index in [0.29, 0.717) is 5.92 Å². The van der Waals surface area contributed by atoms with Gasteiger partial charge >= 0.3 is 0 Å². The van der Waals surface area contributed by atoms with E-state index >= 15 is 0 Å². The van der Waals surface area contributed by atoms with E-state index in [0.717, 1.165) is 18.5 Å². The SMILES string of the molecule is CCCC(CCC)C(N)Cc1ccc(CC)cn1. The number of nitrogens with two attached hydrogens (primary N) is 1. The number of aromatic nitrogens is 1. The van der Waals surface area contributed by atoms with Crippen molar-refractivity contribution in [3.05, 3.63) is 29.6 Å². The molecule has 0 radical (unpaired) electrons. The lowest BCUT2D eigenvalue weighted by molar-refractivity contribution is 0.358. The lowest BCUT2D eigenvalue weighted by Crippen LogP contribution is -2.32. The van der Waals surface area contributed by atoms with Crippen molar-refractivity contribution in [3.63, 3.8) is 0 Å². The van der Waals surface area contributed by atoms with Crippen LogP contribution in [0.4, 0.5) is 0 Å². The van der Waals surface area contributed by atoms with Crippen molar-refractivity contribution < 1.29 is 0 Å². The molecule has 0 amide bonds. The first kappa shape index (κ1) is 15.2. The number of hydrogen-bond acceptors (Lipinski definition) is 2. The number of rotatable bonds is 8. The molecule has 0 aliphatic carbocycles. The summed E-state index contributed by atoms with van der Waals surface area (Å²) in [5.41, 5.74) is 8.79. The third-order valence-electron chi connectivity index (χ3n) is 3.66. The number of pyridine rings is 1. The summed E-state index contributed by atoms with van der Waals surface area (Å²) in [6.07, 6.45) is 8.87. The predicted molar refractivity (Wildman–Crippen MR) is 78.6 cm³/mol. The lowest BCUT2D eigenvalue weighted by Gasteiger charge is -2.23. The van der Waals surface area contributed by atoms with Crippen LogP contribution in [0.25, 0.3) is 0 Å². The molecule has 0 bridgehead atoms. The fourth-order valence-corrected chi connectivity index (χ4v) is 2.51. The van der Waals surface area contributed by atoms with E-state index in [9.17, 15) is 0 Å². The van der Waals surface area contributed by atoms with Gasteiger partial charge in [-0.2, -0.15) is 0 Å². The molecule has 1 aromatic rings. The molecule has 1 unspecified atom stereocenters. The standard InChI is InChI=1S/C16H28N2/c1-4-7-14(8-5-2)16(17)11-15-10-9-13(6-3)12-18-15/h9-10,12,14,16H,4-8,11,17H2,1-3H3. The maximum absolute atomic E-state index is 6.35. The maximum Gasteiger partial charge on any atom is 0.0419 e.